The second kappa shape index (κ2) is 5.14. The van der Waals surface area contributed by atoms with Crippen LogP contribution < -0.4 is 0 Å². The van der Waals surface area contributed by atoms with Crippen molar-refractivity contribution in [2.75, 3.05) is 0 Å². The van der Waals surface area contributed by atoms with E-state index < -0.39 is 0 Å². The molecule has 2 heteroatoms. The molecule has 1 nitrogen and oxygen atoms in total. The Morgan fingerprint density at radius 1 is 1.23 bits per heavy atom. The zero-order chi connectivity index (χ0) is 8.23. The molecule has 1 aliphatic heterocycles. The summed E-state index contributed by atoms with van der Waals surface area (Å²) in [5, 5.41) is 0. The third-order valence-corrected chi connectivity index (χ3v) is 1.95. The normalized spacial score (nSPS) is 19.5. The molecule has 0 bridgehead atoms. The maximum absolute atomic E-state index is 4.36. The Hall–Kier alpha value is -0.682. The van der Waals surface area contributed by atoms with Gasteiger partial charge in [0.1, 0.15) is 0 Å². The number of hydrogen-bond donors (Lipinski definition) is 0. The van der Waals surface area contributed by atoms with Crippen LogP contribution in [0.1, 0.15) is 18.0 Å². The Labute approximate surface area is 92.8 Å². The molecule has 1 aromatic rings. The molecule has 2 rings (SSSR count). The van der Waals surface area contributed by atoms with Gasteiger partial charge in [-0.2, -0.15) is 0 Å². The van der Waals surface area contributed by atoms with E-state index >= 15 is 0 Å². The van der Waals surface area contributed by atoms with Gasteiger partial charge in [-0.1, -0.05) is 36.8 Å². The molecule has 0 saturated carbocycles. The second-order valence-electron chi connectivity index (χ2n) is 2.80. The average Bonchev–Trinajstić information content (AvgIpc) is 2.21. The molecule has 1 aliphatic rings. The molecule has 0 amide bonds. The number of aliphatic imine (C=N–C) groups is 1. The van der Waals surface area contributed by atoms with E-state index in [1.165, 1.54) is 5.56 Å². The molecule has 0 spiro atoms. The van der Waals surface area contributed by atoms with Crippen molar-refractivity contribution in [3.05, 3.63) is 48.0 Å². The maximum Gasteiger partial charge on any atom is 0.0418 e. The Morgan fingerprint density at radius 3 is 2.62 bits per heavy atom. The molecular formula is C11H10MoN-. The maximum atomic E-state index is 4.36. The molecule has 1 atom stereocenters. The Kier molecular flexibility index (Phi) is 4.11. The fourth-order valence-electron chi connectivity index (χ4n) is 1.31. The van der Waals surface area contributed by atoms with Crippen LogP contribution in [-0.4, -0.2) is 6.21 Å². The first-order valence-electron chi connectivity index (χ1n) is 4.10. The van der Waals surface area contributed by atoms with Crippen LogP contribution in [0.2, 0.25) is 0 Å². The number of benzene rings is 1. The molecule has 66 valence electrons. The predicted molar refractivity (Wildman–Crippen MR) is 50.1 cm³/mol. The molecule has 0 fully saturated rings. The van der Waals surface area contributed by atoms with E-state index in [1.807, 2.05) is 30.5 Å². The summed E-state index contributed by atoms with van der Waals surface area (Å²) in [6, 6.07) is 10.6. The SMILES string of the molecule is [C-]1=CC=NC(c2ccccc2)C1.[Mo]. The molecule has 0 aliphatic carbocycles. The first-order valence-corrected chi connectivity index (χ1v) is 4.10. The first kappa shape index (κ1) is 10.4. The minimum Gasteiger partial charge on any atom is -0.380 e. The summed E-state index contributed by atoms with van der Waals surface area (Å²) in [6.45, 7) is 0. The van der Waals surface area contributed by atoms with Crippen LogP contribution in [0.4, 0.5) is 0 Å². The summed E-state index contributed by atoms with van der Waals surface area (Å²) in [7, 11) is 0. The fourth-order valence-corrected chi connectivity index (χ4v) is 1.31. The van der Waals surface area contributed by atoms with Crippen LogP contribution >= 0.6 is 0 Å². The zero-order valence-electron chi connectivity index (χ0n) is 7.18. The van der Waals surface area contributed by atoms with E-state index in [1.54, 1.807) is 0 Å². The van der Waals surface area contributed by atoms with Crippen LogP contribution in [0.25, 0.3) is 0 Å². The third kappa shape index (κ3) is 2.63. The van der Waals surface area contributed by atoms with Gasteiger partial charge in [0.05, 0.1) is 0 Å². The van der Waals surface area contributed by atoms with Gasteiger partial charge in [-0.25, -0.2) is 6.08 Å². The smallest absolute Gasteiger partial charge is 0.0418 e. The van der Waals surface area contributed by atoms with Crippen LogP contribution in [0, 0.1) is 6.08 Å². The molecule has 0 N–H and O–H groups in total. The summed E-state index contributed by atoms with van der Waals surface area (Å²) in [4.78, 5) is 4.36. The first-order chi connectivity index (χ1) is 5.97. The minimum absolute atomic E-state index is 0. The van der Waals surface area contributed by atoms with Gasteiger partial charge in [0.25, 0.3) is 0 Å². The van der Waals surface area contributed by atoms with Crippen molar-refractivity contribution in [2.45, 2.75) is 12.5 Å². The Bertz CT molecular complexity index is 303. The molecule has 0 aromatic heterocycles. The number of nitrogens with zero attached hydrogens (tertiary/aromatic N) is 1. The van der Waals surface area contributed by atoms with Crippen molar-refractivity contribution in [1.82, 2.24) is 0 Å². The van der Waals surface area contributed by atoms with Gasteiger partial charge in [0.15, 0.2) is 0 Å². The molecule has 1 aromatic carbocycles. The molecular weight excluding hydrogens is 242 g/mol. The van der Waals surface area contributed by atoms with E-state index in [4.69, 9.17) is 0 Å². The molecule has 0 saturated heterocycles. The van der Waals surface area contributed by atoms with Crippen molar-refractivity contribution in [2.24, 2.45) is 4.99 Å². The van der Waals surface area contributed by atoms with Crippen LogP contribution in [0.3, 0.4) is 0 Å². The summed E-state index contributed by atoms with van der Waals surface area (Å²) < 4.78 is 0. The largest absolute Gasteiger partial charge is 0.380 e. The number of allylic oxidation sites excluding steroid dienone is 1. The summed E-state index contributed by atoms with van der Waals surface area (Å²) in [5.41, 5.74) is 1.27. The van der Waals surface area contributed by atoms with Gasteiger partial charge in [0, 0.05) is 27.1 Å². The number of hydrogen-bond acceptors (Lipinski definition) is 1. The summed E-state index contributed by atoms with van der Waals surface area (Å²) in [6.07, 6.45) is 7.76. The van der Waals surface area contributed by atoms with Gasteiger partial charge in [-0.05, 0) is 5.56 Å². The van der Waals surface area contributed by atoms with E-state index in [9.17, 15) is 0 Å². The molecule has 1 heterocycles. The average molecular weight is 252 g/mol. The summed E-state index contributed by atoms with van der Waals surface area (Å²) in [5.74, 6) is 0. The van der Waals surface area contributed by atoms with Crippen molar-refractivity contribution in [1.29, 1.82) is 0 Å². The van der Waals surface area contributed by atoms with E-state index in [0.717, 1.165) is 6.42 Å². The Morgan fingerprint density at radius 2 is 2.00 bits per heavy atom. The fraction of sp³-hybridized carbons (Fsp3) is 0.182. The van der Waals surface area contributed by atoms with E-state index in [0.29, 0.717) is 0 Å². The topological polar surface area (TPSA) is 12.4 Å². The van der Waals surface area contributed by atoms with Crippen molar-refractivity contribution >= 4 is 6.21 Å². The van der Waals surface area contributed by atoms with Crippen molar-refractivity contribution in [3.63, 3.8) is 0 Å². The monoisotopic (exact) mass is 254 g/mol. The van der Waals surface area contributed by atoms with Crippen LogP contribution in [0.15, 0.2) is 41.4 Å². The summed E-state index contributed by atoms with van der Waals surface area (Å²) >= 11 is 0. The number of rotatable bonds is 1. The van der Waals surface area contributed by atoms with E-state index in [2.05, 4.69) is 23.2 Å². The van der Waals surface area contributed by atoms with E-state index in [-0.39, 0.29) is 27.1 Å². The molecule has 13 heavy (non-hydrogen) atoms. The van der Waals surface area contributed by atoms with Gasteiger partial charge in [-0.3, -0.25) is 6.08 Å². The molecule has 1 unspecified atom stereocenters. The van der Waals surface area contributed by atoms with Crippen LogP contribution in [-0.2, 0) is 21.1 Å². The van der Waals surface area contributed by atoms with Crippen LogP contribution in [0.5, 0.6) is 0 Å². The van der Waals surface area contributed by atoms with Gasteiger partial charge >= 0.3 is 0 Å². The standard InChI is InChI=1S/C11H10N.Mo/c1-2-6-10(7-3-1)11-8-4-5-9-12-11;/h1-3,5-7,9,11H,8H2;/q-1;. The minimum atomic E-state index is 0. The number of dihydropyridines is 1. The molecule has 0 radical (unpaired) electrons. The third-order valence-electron chi connectivity index (χ3n) is 1.95. The Balaban J connectivity index is 0.000000845. The predicted octanol–water partition coefficient (Wildman–Crippen LogP) is 2.56. The quantitative estimate of drug-likeness (QED) is 0.538. The zero-order valence-corrected chi connectivity index (χ0v) is 9.19. The van der Waals surface area contributed by atoms with Gasteiger partial charge < -0.3 is 4.99 Å². The van der Waals surface area contributed by atoms with Crippen molar-refractivity contribution < 1.29 is 21.1 Å². The van der Waals surface area contributed by atoms with Gasteiger partial charge in [-0.15, -0.1) is 6.21 Å². The van der Waals surface area contributed by atoms with Crippen molar-refractivity contribution in [3.8, 4) is 0 Å². The second-order valence-corrected chi connectivity index (χ2v) is 2.80. The van der Waals surface area contributed by atoms with Gasteiger partial charge in [0.2, 0.25) is 0 Å².